The largest absolute Gasteiger partial charge is 0.480 e. The number of hydrogen-bond acceptors (Lipinski definition) is 2. The molecule has 3 nitrogen and oxygen atoms in total. The zero-order chi connectivity index (χ0) is 11.0. The Balaban J connectivity index is 0.000000249. The van der Waals surface area contributed by atoms with Crippen molar-refractivity contribution in [2.45, 2.75) is 19.9 Å². The molecule has 0 fully saturated rings. The molecule has 0 aliphatic rings. The lowest BCUT2D eigenvalue weighted by molar-refractivity contribution is -0.139. The molecule has 0 saturated carbocycles. The minimum Gasteiger partial charge on any atom is -0.480 e. The minimum absolute atomic E-state index is 0.0208. The van der Waals surface area contributed by atoms with Crippen LogP contribution >= 0.6 is 0 Å². The number of carbonyl (C=O) groups is 1. The van der Waals surface area contributed by atoms with Crippen LogP contribution < -0.4 is 5.73 Å². The molecule has 14 heavy (non-hydrogen) atoms. The van der Waals surface area contributed by atoms with Crippen molar-refractivity contribution in [3.05, 3.63) is 36.4 Å². The smallest absolute Gasteiger partial charge is 0.320 e. The summed E-state index contributed by atoms with van der Waals surface area (Å²) in [5.74, 6) is -0.910. The summed E-state index contributed by atoms with van der Waals surface area (Å²) < 4.78 is 0. The van der Waals surface area contributed by atoms with Crippen LogP contribution in [0.3, 0.4) is 0 Å². The van der Waals surface area contributed by atoms with Gasteiger partial charge in [-0.05, 0) is 5.92 Å². The van der Waals surface area contributed by atoms with Crippen molar-refractivity contribution in [2.24, 2.45) is 11.7 Å². The van der Waals surface area contributed by atoms with E-state index in [1.807, 2.05) is 36.4 Å². The van der Waals surface area contributed by atoms with Gasteiger partial charge in [-0.3, -0.25) is 4.79 Å². The molecule has 3 N–H and O–H groups in total. The zero-order valence-corrected chi connectivity index (χ0v) is 8.55. The van der Waals surface area contributed by atoms with Gasteiger partial charge in [-0.2, -0.15) is 0 Å². The van der Waals surface area contributed by atoms with Gasteiger partial charge in [0.25, 0.3) is 0 Å². The van der Waals surface area contributed by atoms with Gasteiger partial charge in [0.2, 0.25) is 0 Å². The number of carboxylic acids is 1. The maximum Gasteiger partial charge on any atom is 0.320 e. The predicted molar refractivity (Wildman–Crippen MR) is 56.9 cm³/mol. The molecule has 78 valence electrons. The Bertz CT molecular complexity index is 220. The number of aliphatic carboxylic acids is 1. The Morgan fingerprint density at radius 3 is 1.43 bits per heavy atom. The SMILES string of the molecule is CC(C)[C@H](N)C(=O)O.c1ccccc1. The van der Waals surface area contributed by atoms with E-state index in [2.05, 4.69) is 0 Å². The summed E-state index contributed by atoms with van der Waals surface area (Å²) in [6.45, 7) is 3.55. The van der Waals surface area contributed by atoms with Crippen molar-refractivity contribution < 1.29 is 9.90 Å². The molecule has 0 spiro atoms. The van der Waals surface area contributed by atoms with E-state index in [-0.39, 0.29) is 5.92 Å². The van der Waals surface area contributed by atoms with Crippen LogP contribution in [0.15, 0.2) is 36.4 Å². The van der Waals surface area contributed by atoms with Crippen LogP contribution in [0.1, 0.15) is 13.8 Å². The molecular formula is C11H17NO2. The predicted octanol–water partition coefficient (Wildman–Crippen LogP) is 1.74. The van der Waals surface area contributed by atoms with E-state index in [4.69, 9.17) is 10.8 Å². The molecule has 3 heteroatoms. The van der Waals surface area contributed by atoms with E-state index in [1.165, 1.54) is 0 Å². The second-order valence-electron chi connectivity index (χ2n) is 3.26. The van der Waals surface area contributed by atoms with Gasteiger partial charge in [-0.15, -0.1) is 0 Å². The molecule has 0 unspecified atom stereocenters. The van der Waals surface area contributed by atoms with Gasteiger partial charge in [0.05, 0.1) is 0 Å². The molecular weight excluding hydrogens is 178 g/mol. The van der Waals surface area contributed by atoms with Crippen molar-refractivity contribution in [2.75, 3.05) is 0 Å². The van der Waals surface area contributed by atoms with Gasteiger partial charge < -0.3 is 10.8 Å². The molecule has 0 heterocycles. The van der Waals surface area contributed by atoms with Crippen LogP contribution in [0, 0.1) is 5.92 Å². The second-order valence-corrected chi connectivity index (χ2v) is 3.26. The molecule has 1 atom stereocenters. The van der Waals surface area contributed by atoms with Crippen molar-refractivity contribution in [1.82, 2.24) is 0 Å². The van der Waals surface area contributed by atoms with Crippen LogP contribution in [-0.4, -0.2) is 17.1 Å². The van der Waals surface area contributed by atoms with Gasteiger partial charge in [-0.25, -0.2) is 0 Å². The van der Waals surface area contributed by atoms with Gasteiger partial charge in [0, 0.05) is 0 Å². The highest BCUT2D eigenvalue weighted by atomic mass is 16.4. The van der Waals surface area contributed by atoms with Crippen LogP contribution in [0.25, 0.3) is 0 Å². The molecule has 1 rings (SSSR count). The monoisotopic (exact) mass is 195 g/mol. The molecule has 0 amide bonds. The zero-order valence-electron chi connectivity index (χ0n) is 8.55. The van der Waals surface area contributed by atoms with E-state index >= 15 is 0 Å². The van der Waals surface area contributed by atoms with E-state index in [9.17, 15) is 4.79 Å². The average molecular weight is 195 g/mol. The van der Waals surface area contributed by atoms with E-state index in [0.717, 1.165) is 0 Å². The first-order valence-electron chi connectivity index (χ1n) is 4.54. The van der Waals surface area contributed by atoms with Gasteiger partial charge in [-0.1, -0.05) is 50.2 Å². The van der Waals surface area contributed by atoms with Gasteiger partial charge in [0.15, 0.2) is 0 Å². The van der Waals surface area contributed by atoms with Gasteiger partial charge >= 0.3 is 5.97 Å². The minimum atomic E-state index is -0.931. The van der Waals surface area contributed by atoms with Crippen molar-refractivity contribution in [3.8, 4) is 0 Å². The van der Waals surface area contributed by atoms with Crippen LogP contribution in [-0.2, 0) is 4.79 Å². The number of benzene rings is 1. The normalized spacial score (nSPS) is 11.4. The van der Waals surface area contributed by atoms with E-state index in [1.54, 1.807) is 13.8 Å². The first-order chi connectivity index (χ1) is 6.55. The summed E-state index contributed by atoms with van der Waals surface area (Å²) in [7, 11) is 0. The van der Waals surface area contributed by atoms with Gasteiger partial charge in [0.1, 0.15) is 6.04 Å². The maximum atomic E-state index is 10.0. The molecule has 0 radical (unpaired) electrons. The highest BCUT2D eigenvalue weighted by Gasteiger charge is 2.14. The lowest BCUT2D eigenvalue weighted by Gasteiger charge is -2.07. The highest BCUT2D eigenvalue weighted by Crippen LogP contribution is 1.96. The standard InChI is InChI=1S/C6H6.C5H11NO2/c1-2-4-6-5-3-1;1-3(2)4(6)5(7)8/h1-6H;3-4H,6H2,1-2H3,(H,7,8)/t;4-/m.0/s1. The molecule has 0 aliphatic heterocycles. The van der Waals surface area contributed by atoms with Crippen LogP contribution in [0.2, 0.25) is 0 Å². The summed E-state index contributed by atoms with van der Waals surface area (Å²) >= 11 is 0. The lowest BCUT2D eigenvalue weighted by atomic mass is 10.1. The van der Waals surface area contributed by atoms with E-state index < -0.39 is 12.0 Å². The molecule has 0 saturated heterocycles. The summed E-state index contributed by atoms with van der Waals surface area (Å²) in [5.41, 5.74) is 5.16. The van der Waals surface area contributed by atoms with Crippen molar-refractivity contribution in [3.63, 3.8) is 0 Å². The number of carboxylic acid groups (broad SMARTS) is 1. The second kappa shape index (κ2) is 7.09. The fraction of sp³-hybridized carbons (Fsp3) is 0.364. The third kappa shape index (κ3) is 6.20. The van der Waals surface area contributed by atoms with E-state index in [0.29, 0.717) is 0 Å². The Hall–Kier alpha value is -1.35. The Morgan fingerprint density at radius 2 is 1.36 bits per heavy atom. The quantitative estimate of drug-likeness (QED) is 0.755. The third-order valence-electron chi connectivity index (χ3n) is 1.67. The maximum absolute atomic E-state index is 10.0. The van der Waals surface area contributed by atoms with Crippen LogP contribution in [0.4, 0.5) is 0 Å². The Labute approximate surface area is 84.6 Å². The Kier molecular flexibility index (Phi) is 6.41. The molecule has 0 aromatic heterocycles. The fourth-order valence-corrected chi connectivity index (χ4v) is 0.670. The van der Waals surface area contributed by atoms with Crippen LogP contribution in [0.5, 0.6) is 0 Å². The topological polar surface area (TPSA) is 63.3 Å². The number of hydrogen-bond donors (Lipinski definition) is 2. The first-order valence-corrected chi connectivity index (χ1v) is 4.54. The summed E-state index contributed by atoms with van der Waals surface area (Å²) in [4.78, 5) is 10.0. The Morgan fingerprint density at radius 1 is 1.07 bits per heavy atom. The highest BCUT2D eigenvalue weighted by molar-refractivity contribution is 5.73. The lowest BCUT2D eigenvalue weighted by Crippen LogP contribution is -2.34. The summed E-state index contributed by atoms with van der Waals surface area (Å²) in [6, 6.07) is 11.3. The molecule has 1 aromatic carbocycles. The first kappa shape index (κ1) is 12.7. The fourth-order valence-electron chi connectivity index (χ4n) is 0.670. The average Bonchev–Trinajstić information content (AvgIpc) is 2.20. The number of nitrogens with two attached hydrogens (primary N) is 1. The van der Waals surface area contributed by atoms with Crippen molar-refractivity contribution >= 4 is 5.97 Å². The summed E-state index contributed by atoms with van der Waals surface area (Å²) in [6.07, 6.45) is 0. The third-order valence-corrected chi connectivity index (χ3v) is 1.67. The molecule has 0 bridgehead atoms. The van der Waals surface area contributed by atoms with Crippen molar-refractivity contribution in [1.29, 1.82) is 0 Å². The number of rotatable bonds is 2. The molecule has 1 aromatic rings. The summed E-state index contributed by atoms with van der Waals surface area (Å²) in [5, 5.41) is 8.23. The molecule has 0 aliphatic carbocycles.